The molecule has 0 radical (unpaired) electrons. The summed E-state index contributed by atoms with van der Waals surface area (Å²) in [5.41, 5.74) is -2.99. The molecule has 1 fully saturated rings. The quantitative estimate of drug-likeness (QED) is 0.784. The highest BCUT2D eigenvalue weighted by molar-refractivity contribution is 8.00. The zero-order valence-corrected chi connectivity index (χ0v) is 11.2. The lowest BCUT2D eigenvalue weighted by molar-refractivity contribution is -0.0328. The Morgan fingerprint density at radius 2 is 1.78 bits per heavy atom. The molecule has 1 nitrogen and oxygen atoms in total. The Bertz CT molecular complexity index is 409. The van der Waals surface area contributed by atoms with Crippen LogP contribution >= 0.6 is 11.8 Å². The summed E-state index contributed by atoms with van der Waals surface area (Å²) in [6.45, 7) is 4.34. The van der Waals surface area contributed by atoms with E-state index in [1.165, 1.54) is 25.0 Å². The van der Waals surface area contributed by atoms with E-state index in [1.807, 2.05) is 0 Å². The van der Waals surface area contributed by atoms with E-state index in [2.05, 4.69) is 19.2 Å². The van der Waals surface area contributed by atoms with Gasteiger partial charge in [0.05, 0.1) is 0 Å². The number of halogens is 3. The van der Waals surface area contributed by atoms with Crippen LogP contribution in [0.15, 0.2) is 29.2 Å². The van der Waals surface area contributed by atoms with Gasteiger partial charge in [-0.15, -0.1) is 0 Å². The van der Waals surface area contributed by atoms with Gasteiger partial charge in [0.1, 0.15) is 0 Å². The highest BCUT2D eigenvalue weighted by Crippen LogP contribution is 2.48. The van der Waals surface area contributed by atoms with Crippen LogP contribution in [-0.4, -0.2) is 11.6 Å². The number of rotatable bonds is 4. The maximum absolute atomic E-state index is 12.2. The van der Waals surface area contributed by atoms with Gasteiger partial charge in [0.2, 0.25) is 0 Å². The summed E-state index contributed by atoms with van der Waals surface area (Å²) in [7, 11) is 0. The topological polar surface area (TPSA) is 12.0 Å². The molecule has 1 atom stereocenters. The molecule has 1 aliphatic carbocycles. The van der Waals surface area contributed by atoms with Gasteiger partial charge in [-0.3, -0.25) is 0 Å². The van der Waals surface area contributed by atoms with Crippen LogP contribution in [0, 0.1) is 5.41 Å². The van der Waals surface area contributed by atoms with Gasteiger partial charge >= 0.3 is 5.51 Å². The largest absolute Gasteiger partial charge is 0.446 e. The fourth-order valence-electron chi connectivity index (χ4n) is 1.81. The second-order valence-electron chi connectivity index (χ2n) is 5.09. The zero-order chi connectivity index (χ0) is 13.4. The second-order valence-corrected chi connectivity index (χ2v) is 6.23. The van der Waals surface area contributed by atoms with Crippen molar-refractivity contribution in [1.29, 1.82) is 0 Å². The molecule has 0 bridgehead atoms. The molecule has 5 heteroatoms. The molecule has 0 aromatic heterocycles. The van der Waals surface area contributed by atoms with Crippen molar-refractivity contribution in [2.24, 2.45) is 5.41 Å². The Hall–Kier alpha value is -0.840. The molecule has 1 N–H and O–H groups in total. The lowest BCUT2D eigenvalue weighted by Crippen LogP contribution is -2.24. The summed E-state index contributed by atoms with van der Waals surface area (Å²) in [6, 6.07) is 6.76. The molecule has 0 spiro atoms. The Kier molecular flexibility index (Phi) is 3.54. The van der Waals surface area contributed by atoms with Crippen molar-refractivity contribution < 1.29 is 13.2 Å². The standard InChI is InChI=1S/C13H16F3NS/c1-9(12(2)7-8-12)17-10-3-5-11(6-4-10)18-13(14,15)16/h3-6,9,17H,7-8H2,1-2H3. The van der Waals surface area contributed by atoms with Crippen LogP contribution < -0.4 is 5.32 Å². The molecule has 1 aromatic carbocycles. The van der Waals surface area contributed by atoms with Crippen LogP contribution in [0.4, 0.5) is 18.9 Å². The van der Waals surface area contributed by atoms with E-state index in [9.17, 15) is 13.2 Å². The maximum Gasteiger partial charge on any atom is 0.446 e. The predicted molar refractivity (Wildman–Crippen MR) is 68.8 cm³/mol. The molecule has 1 aliphatic rings. The first-order valence-corrected chi connectivity index (χ1v) is 6.72. The van der Waals surface area contributed by atoms with E-state index < -0.39 is 5.51 Å². The van der Waals surface area contributed by atoms with Gasteiger partial charge in [0.25, 0.3) is 0 Å². The van der Waals surface area contributed by atoms with Gasteiger partial charge in [-0.05, 0) is 61.2 Å². The van der Waals surface area contributed by atoms with Crippen molar-refractivity contribution in [1.82, 2.24) is 0 Å². The molecule has 0 amide bonds. The predicted octanol–water partition coefficient (Wildman–Crippen LogP) is 4.90. The molecule has 1 unspecified atom stereocenters. The van der Waals surface area contributed by atoms with Gasteiger partial charge in [0.15, 0.2) is 0 Å². The number of anilines is 1. The minimum atomic E-state index is -4.22. The van der Waals surface area contributed by atoms with E-state index in [1.54, 1.807) is 12.1 Å². The molecule has 0 aliphatic heterocycles. The van der Waals surface area contributed by atoms with Gasteiger partial charge in [-0.1, -0.05) is 6.92 Å². The first kappa shape index (κ1) is 13.6. The van der Waals surface area contributed by atoms with E-state index in [4.69, 9.17) is 0 Å². The number of hydrogen-bond acceptors (Lipinski definition) is 2. The maximum atomic E-state index is 12.2. The number of hydrogen-bond donors (Lipinski definition) is 1. The molecular formula is C13H16F3NS. The molecule has 1 saturated carbocycles. The van der Waals surface area contributed by atoms with Crippen LogP contribution in [0.25, 0.3) is 0 Å². The van der Waals surface area contributed by atoms with Crippen LogP contribution in [0.5, 0.6) is 0 Å². The van der Waals surface area contributed by atoms with Crippen LogP contribution in [0.1, 0.15) is 26.7 Å². The van der Waals surface area contributed by atoms with Crippen LogP contribution in [-0.2, 0) is 0 Å². The van der Waals surface area contributed by atoms with Crippen molar-refractivity contribution >= 4 is 17.4 Å². The number of benzene rings is 1. The monoisotopic (exact) mass is 275 g/mol. The SMILES string of the molecule is CC(Nc1ccc(SC(F)(F)F)cc1)C1(C)CC1. The average Bonchev–Trinajstić information content (AvgIpc) is 2.99. The Morgan fingerprint density at radius 3 is 2.22 bits per heavy atom. The van der Waals surface area contributed by atoms with E-state index in [0.717, 1.165) is 5.69 Å². The Morgan fingerprint density at radius 1 is 1.22 bits per heavy atom. The minimum absolute atomic E-state index is 0.0816. The fraction of sp³-hybridized carbons (Fsp3) is 0.538. The van der Waals surface area contributed by atoms with E-state index in [-0.39, 0.29) is 16.7 Å². The van der Waals surface area contributed by atoms with Gasteiger partial charge in [-0.2, -0.15) is 13.2 Å². The second kappa shape index (κ2) is 4.68. The van der Waals surface area contributed by atoms with Crippen LogP contribution in [0.3, 0.4) is 0 Å². The lowest BCUT2D eigenvalue weighted by atomic mass is 10.0. The normalized spacial score (nSPS) is 19.4. The summed E-state index contributed by atoms with van der Waals surface area (Å²) in [6.07, 6.45) is 2.42. The summed E-state index contributed by atoms with van der Waals surface area (Å²) >= 11 is -0.0816. The highest BCUT2D eigenvalue weighted by Gasteiger charge is 2.42. The summed E-state index contributed by atoms with van der Waals surface area (Å²) in [5, 5.41) is 3.34. The third kappa shape index (κ3) is 3.57. The van der Waals surface area contributed by atoms with Gasteiger partial charge < -0.3 is 5.32 Å². The first-order chi connectivity index (χ1) is 8.28. The lowest BCUT2D eigenvalue weighted by Gasteiger charge is -2.21. The third-order valence-electron chi connectivity index (χ3n) is 3.56. The smallest absolute Gasteiger partial charge is 0.382 e. The first-order valence-electron chi connectivity index (χ1n) is 5.91. The molecule has 18 heavy (non-hydrogen) atoms. The third-order valence-corrected chi connectivity index (χ3v) is 4.29. The van der Waals surface area contributed by atoms with Crippen molar-refractivity contribution in [3.63, 3.8) is 0 Å². The highest BCUT2D eigenvalue weighted by atomic mass is 32.2. The molecule has 0 saturated heterocycles. The van der Waals surface area contributed by atoms with Crippen molar-refractivity contribution in [3.8, 4) is 0 Å². The van der Waals surface area contributed by atoms with E-state index in [0.29, 0.717) is 11.5 Å². The van der Waals surface area contributed by atoms with Crippen molar-refractivity contribution in [2.75, 3.05) is 5.32 Å². The van der Waals surface area contributed by atoms with E-state index >= 15 is 0 Å². The number of alkyl halides is 3. The Labute approximate surface area is 109 Å². The molecule has 100 valence electrons. The van der Waals surface area contributed by atoms with Gasteiger partial charge in [0, 0.05) is 16.6 Å². The zero-order valence-electron chi connectivity index (χ0n) is 10.3. The number of nitrogens with one attached hydrogen (secondary N) is 1. The summed E-state index contributed by atoms with van der Waals surface area (Å²) < 4.78 is 36.5. The van der Waals surface area contributed by atoms with Crippen molar-refractivity contribution in [3.05, 3.63) is 24.3 Å². The molecule has 2 rings (SSSR count). The molecular weight excluding hydrogens is 259 g/mol. The minimum Gasteiger partial charge on any atom is -0.382 e. The average molecular weight is 275 g/mol. The molecule has 1 aromatic rings. The van der Waals surface area contributed by atoms with Crippen molar-refractivity contribution in [2.45, 2.75) is 43.1 Å². The molecule has 0 heterocycles. The number of thioether (sulfide) groups is 1. The Balaban J connectivity index is 1.95. The fourth-order valence-corrected chi connectivity index (χ4v) is 2.35. The summed E-state index contributed by atoms with van der Waals surface area (Å²) in [4.78, 5) is 0.221. The van der Waals surface area contributed by atoms with Gasteiger partial charge in [-0.25, -0.2) is 0 Å². The summed E-state index contributed by atoms with van der Waals surface area (Å²) in [5.74, 6) is 0. The van der Waals surface area contributed by atoms with Crippen LogP contribution in [0.2, 0.25) is 0 Å².